The Hall–Kier alpha value is -2.64. The lowest BCUT2D eigenvalue weighted by atomic mass is 10.0. The van der Waals surface area contributed by atoms with E-state index in [0.717, 1.165) is 36.5 Å². The maximum Gasteiger partial charge on any atom is 0.416 e. The molecular weight excluding hydrogens is 277 g/mol. The monoisotopic (exact) mass is 284 g/mol. The number of aromatic nitrogens is 1. The molecule has 0 amide bonds. The molecule has 2 rings (SSSR count). The Morgan fingerprint density at radius 2 is 1.75 bits per heavy atom. The van der Waals surface area contributed by atoms with Gasteiger partial charge in [0.25, 0.3) is 11.2 Å². The minimum Gasteiger partial charge on any atom is -0.322 e. The summed E-state index contributed by atoms with van der Waals surface area (Å²) in [5.74, 6) is 0. The molecule has 0 saturated heterocycles. The molecule has 20 heavy (non-hydrogen) atoms. The number of nitrogens with zero attached hydrogens (tertiary/aromatic N) is 1. The predicted molar refractivity (Wildman–Crippen MR) is 64.2 cm³/mol. The lowest BCUT2D eigenvalue weighted by Crippen LogP contribution is -2.09. The maximum absolute atomic E-state index is 12.4. The zero-order valence-corrected chi connectivity index (χ0v) is 9.77. The molecule has 0 spiro atoms. The normalized spacial score (nSPS) is 11.3. The lowest BCUT2D eigenvalue weighted by molar-refractivity contribution is -0.385. The van der Waals surface area contributed by atoms with Crippen LogP contribution in [0.1, 0.15) is 5.56 Å². The van der Waals surface area contributed by atoms with Gasteiger partial charge in [0.05, 0.1) is 22.2 Å². The molecule has 0 atom stereocenters. The summed E-state index contributed by atoms with van der Waals surface area (Å²) in [6.07, 6.45) is -3.55. The molecule has 0 bridgehead atoms. The number of halogens is 3. The van der Waals surface area contributed by atoms with Crippen molar-refractivity contribution in [2.45, 2.75) is 6.18 Å². The average molecular weight is 284 g/mol. The highest BCUT2D eigenvalue weighted by atomic mass is 19.4. The van der Waals surface area contributed by atoms with E-state index in [-0.39, 0.29) is 16.8 Å². The fourth-order valence-electron chi connectivity index (χ4n) is 1.63. The van der Waals surface area contributed by atoms with E-state index in [4.69, 9.17) is 0 Å². The van der Waals surface area contributed by atoms with Crippen LogP contribution in [0.4, 0.5) is 18.9 Å². The van der Waals surface area contributed by atoms with Gasteiger partial charge in [0.1, 0.15) is 0 Å². The highest BCUT2D eigenvalue weighted by Crippen LogP contribution is 2.30. The molecule has 1 heterocycles. The van der Waals surface area contributed by atoms with Gasteiger partial charge in [-0.2, -0.15) is 13.2 Å². The highest BCUT2D eigenvalue weighted by molar-refractivity contribution is 5.65. The summed E-state index contributed by atoms with van der Waals surface area (Å²) in [6.45, 7) is 0. The second kappa shape index (κ2) is 4.80. The topological polar surface area (TPSA) is 76.0 Å². The molecule has 0 unspecified atom stereocenters. The minimum absolute atomic E-state index is 0.0621. The van der Waals surface area contributed by atoms with Gasteiger partial charge in [-0.25, -0.2) is 0 Å². The van der Waals surface area contributed by atoms with E-state index in [1.807, 2.05) is 0 Å². The molecular formula is C12H7F3N2O3. The third-order valence-corrected chi connectivity index (χ3v) is 2.62. The van der Waals surface area contributed by atoms with Crippen LogP contribution in [0.2, 0.25) is 0 Å². The van der Waals surface area contributed by atoms with Crippen molar-refractivity contribution in [1.29, 1.82) is 0 Å². The summed E-state index contributed by atoms with van der Waals surface area (Å²) < 4.78 is 37.2. The quantitative estimate of drug-likeness (QED) is 0.680. The van der Waals surface area contributed by atoms with Crippen molar-refractivity contribution in [3.8, 4) is 11.1 Å². The van der Waals surface area contributed by atoms with E-state index < -0.39 is 22.2 Å². The summed E-state index contributed by atoms with van der Waals surface area (Å²) in [5, 5.41) is 10.6. The van der Waals surface area contributed by atoms with Crippen molar-refractivity contribution in [3.63, 3.8) is 0 Å². The number of rotatable bonds is 2. The predicted octanol–water partition coefficient (Wildman–Crippen LogP) is 2.97. The number of alkyl halides is 3. The first-order valence-electron chi connectivity index (χ1n) is 5.34. The standard InChI is InChI=1S/C12H7F3N2O3/c13-12(14,15)8-3-1-7(2-4-8)10-5-9(17(19)20)6-16-11(10)18/h1-6H,(H,16,18). The number of hydrogen-bond donors (Lipinski definition) is 1. The first-order chi connectivity index (χ1) is 9.29. The van der Waals surface area contributed by atoms with Gasteiger partial charge in [-0.05, 0) is 17.7 Å². The van der Waals surface area contributed by atoms with Crippen LogP contribution in [-0.2, 0) is 6.18 Å². The van der Waals surface area contributed by atoms with Gasteiger partial charge in [0, 0.05) is 6.07 Å². The van der Waals surface area contributed by atoms with Crippen LogP contribution >= 0.6 is 0 Å². The van der Waals surface area contributed by atoms with E-state index >= 15 is 0 Å². The number of nitrogens with one attached hydrogen (secondary N) is 1. The number of pyridine rings is 1. The van der Waals surface area contributed by atoms with Crippen LogP contribution in [0.25, 0.3) is 11.1 Å². The Balaban J connectivity index is 2.49. The van der Waals surface area contributed by atoms with Crippen molar-refractivity contribution in [2.75, 3.05) is 0 Å². The second-order valence-corrected chi connectivity index (χ2v) is 3.93. The molecule has 1 aromatic heterocycles. The van der Waals surface area contributed by atoms with Crippen LogP contribution in [0.15, 0.2) is 41.3 Å². The Morgan fingerprint density at radius 3 is 2.25 bits per heavy atom. The highest BCUT2D eigenvalue weighted by Gasteiger charge is 2.30. The van der Waals surface area contributed by atoms with Crippen molar-refractivity contribution >= 4 is 5.69 Å². The summed E-state index contributed by atoms with van der Waals surface area (Å²) in [6, 6.07) is 4.83. The zero-order valence-electron chi connectivity index (χ0n) is 9.77. The lowest BCUT2D eigenvalue weighted by Gasteiger charge is -2.07. The molecule has 1 N–H and O–H groups in total. The zero-order chi connectivity index (χ0) is 14.9. The van der Waals surface area contributed by atoms with Gasteiger partial charge in [-0.1, -0.05) is 12.1 Å². The summed E-state index contributed by atoms with van der Waals surface area (Å²) in [5.41, 5.74) is -1.71. The van der Waals surface area contributed by atoms with Crippen LogP contribution in [0, 0.1) is 10.1 Å². The fourth-order valence-corrected chi connectivity index (χ4v) is 1.63. The molecule has 1 aromatic carbocycles. The summed E-state index contributed by atoms with van der Waals surface area (Å²) in [7, 11) is 0. The average Bonchev–Trinajstić information content (AvgIpc) is 2.38. The van der Waals surface area contributed by atoms with Crippen LogP contribution < -0.4 is 5.56 Å². The molecule has 5 nitrogen and oxygen atoms in total. The van der Waals surface area contributed by atoms with Gasteiger partial charge < -0.3 is 4.98 Å². The fraction of sp³-hybridized carbons (Fsp3) is 0.0833. The molecule has 2 aromatic rings. The van der Waals surface area contributed by atoms with Gasteiger partial charge in [0.2, 0.25) is 0 Å². The molecule has 0 aliphatic rings. The Bertz CT molecular complexity index is 705. The number of aromatic amines is 1. The molecule has 104 valence electrons. The van der Waals surface area contributed by atoms with Gasteiger partial charge in [0.15, 0.2) is 0 Å². The van der Waals surface area contributed by atoms with Crippen molar-refractivity contribution in [3.05, 3.63) is 62.6 Å². The minimum atomic E-state index is -4.48. The summed E-state index contributed by atoms with van der Waals surface area (Å²) >= 11 is 0. The first kappa shape index (κ1) is 13.8. The van der Waals surface area contributed by atoms with E-state index in [9.17, 15) is 28.1 Å². The Kier molecular flexibility index (Phi) is 3.31. The second-order valence-electron chi connectivity index (χ2n) is 3.93. The van der Waals surface area contributed by atoms with E-state index in [1.165, 1.54) is 0 Å². The van der Waals surface area contributed by atoms with Crippen molar-refractivity contribution < 1.29 is 18.1 Å². The van der Waals surface area contributed by atoms with E-state index in [1.54, 1.807) is 0 Å². The molecule has 0 radical (unpaired) electrons. The summed E-state index contributed by atoms with van der Waals surface area (Å²) in [4.78, 5) is 23.7. The molecule has 0 aliphatic carbocycles. The third-order valence-electron chi connectivity index (χ3n) is 2.62. The van der Waals surface area contributed by atoms with Gasteiger partial charge in [-0.15, -0.1) is 0 Å². The van der Waals surface area contributed by atoms with E-state index in [2.05, 4.69) is 4.98 Å². The largest absolute Gasteiger partial charge is 0.416 e. The number of benzene rings is 1. The van der Waals surface area contributed by atoms with Crippen LogP contribution in [-0.4, -0.2) is 9.91 Å². The molecule has 8 heteroatoms. The molecule has 0 aliphatic heterocycles. The Labute approximate surface area is 109 Å². The molecule has 0 fully saturated rings. The van der Waals surface area contributed by atoms with Gasteiger partial charge >= 0.3 is 6.18 Å². The SMILES string of the molecule is O=c1[nH]cc([N+](=O)[O-])cc1-c1ccc(C(F)(F)F)cc1. The number of hydrogen-bond acceptors (Lipinski definition) is 3. The van der Waals surface area contributed by atoms with Crippen LogP contribution in [0.5, 0.6) is 0 Å². The maximum atomic E-state index is 12.4. The number of nitro groups is 1. The third kappa shape index (κ3) is 2.68. The van der Waals surface area contributed by atoms with Crippen molar-refractivity contribution in [2.24, 2.45) is 0 Å². The Morgan fingerprint density at radius 1 is 1.15 bits per heavy atom. The van der Waals surface area contributed by atoms with E-state index in [0.29, 0.717) is 0 Å². The molecule has 0 saturated carbocycles. The van der Waals surface area contributed by atoms with Gasteiger partial charge in [-0.3, -0.25) is 14.9 Å². The van der Waals surface area contributed by atoms with Crippen LogP contribution in [0.3, 0.4) is 0 Å². The smallest absolute Gasteiger partial charge is 0.322 e. The first-order valence-corrected chi connectivity index (χ1v) is 5.34. The number of H-pyrrole nitrogens is 1. The van der Waals surface area contributed by atoms with Crippen molar-refractivity contribution in [1.82, 2.24) is 4.98 Å².